The predicted octanol–water partition coefficient (Wildman–Crippen LogP) is 2.67. The highest BCUT2D eigenvalue weighted by atomic mass is 32.1. The van der Waals surface area contributed by atoms with Gasteiger partial charge in [-0.3, -0.25) is 0 Å². The predicted molar refractivity (Wildman–Crippen MR) is 67.6 cm³/mol. The number of nitrogens with two attached hydrogens (primary N) is 1. The molecule has 0 aliphatic carbocycles. The SMILES string of the molecule is Cc1ccc(C)c(OCCC(N)=S)c1C. The van der Waals surface area contributed by atoms with Crippen LogP contribution in [0.15, 0.2) is 12.1 Å². The summed E-state index contributed by atoms with van der Waals surface area (Å²) in [4.78, 5) is 0.498. The van der Waals surface area contributed by atoms with Crippen molar-refractivity contribution in [3.63, 3.8) is 0 Å². The van der Waals surface area contributed by atoms with Gasteiger partial charge in [-0.15, -0.1) is 0 Å². The first kappa shape index (κ1) is 12.0. The van der Waals surface area contributed by atoms with Crippen LogP contribution < -0.4 is 10.5 Å². The lowest BCUT2D eigenvalue weighted by atomic mass is 10.1. The van der Waals surface area contributed by atoms with Gasteiger partial charge in [-0.05, 0) is 37.5 Å². The summed E-state index contributed by atoms with van der Waals surface area (Å²) in [6.45, 7) is 6.75. The maximum Gasteiger partial charge on any atom is 0.125 e. The minimum Gasteiger partial charge on any atom is -0.493 e. The molecule has 1 aromatic carbocycles. The molecule has 2 nitrogen and oxygen atoms in total. The standard InChI is InChI=1S/C12H17NOS/c1-8-4-5-9(2)12(10(8)3)14-7-6-11(13)15/h4-5H,6-7H2,1-3H3,(H2,13,15). The molecule has 15 heavy (non-hydrogen) atoms. The molecule has 0 aliphatic rings. The van der Waals surface area contributed by atoms with E-state index in [1.54, 1.807) is 0 Å². The van der Waals surface area contributed by atoms with E-state index in [4.69, 9.17) is 22.7 Å². The molecule has 1 rings (SSSR count). The van der Waals surface area contributed by atoms with E-state index in [0.717, 1.165) is 11.3 Å². The van der Waals surface area contributed by atoms with Gasteiger partial charge in [0.05, 0.1) is 11.6 Å². The molecular weight excluding hydrogens is 206 g/mol. The summed E-state index contributed by atoms with van der Waals surface area (Å²) < 4.78 is 5.69. The van der Waals surface area contributed by atoms with Crippen LogP contribution >= 0.6 is 12.2 Å². The second-order valence-corrected chi connectivity index (χ2v) is 4.24. The van der Waals surface area contributed by atoms with Crippen molar-refractivity contribution in [2.75, 3.05) is 6.61 Å². The van der Waals surface area contributed by atoms with Crippen LogP contribution in [0, 0.1) is 20.8 Å². The summed E-state index contributed by atoms with van der Waals surface area (Å²) in [5.74, 6) is 0.964. The molecule has 0 spiro atoms. The lowest BCUT2D eigenvalue weighted by Crippen LogP contribution is -2.13. The molecule has 0 aromatic heterocycles. The average Bonchev–Trinajstić information content (AvgIpc) is 2.17. The number of hydrogen-bond donors (Lipinski definition) is 1. The molecule has 3 heteroatoms. The summed E-state index contributed by atoms with van der Waals surface area (Å²) in [5.41, 5.74) is 9.00. The number of benzene rings is 1. The number of ether oxygens (including phenoxy) is 1. The van der Waals surface area contributed by atoms with Crippen LogP contribution in [0.3, 0.4) is 0 Å². The zero-order valence-electron chi connectivity index (χ0n) is 9.46. The Balaban J connectivity index is 2.75. The Hall–Kier alpha value is -1.09. The van der Waals surface area contributed by atoms with E-state index in [2.05, 4.69) is 26.0 Å². The van der Waals surface area contributed by atoms with E-state index in [0.29, 0.717) is 18.0 Å². The molecule has 0 amide bonds. The zero-order chi connectivity index (χ0) is 11.4. The molecular formula is C12H17NOS. The number of rotatable bonds is 4. The molecule has 0 fully saturated rings. The average molecular weight is 223 g/mol. The minimum absolute atomic E-state index is 0.498. The highest BCUT2D eigenvalue weighted by Gasteiger charge is 2.05. The molecule has 0 bridgehead atoms. The Morgan fingerprint density at radius 2 is 1.87 bits per heavy atom. The zero-order valence-corrected chi connectivity index (χ0v) is 10.3. The number of aryl methyl sites for hydroxylation is 2. The third-order valence-electron chi connectivity index (χ3n) is 2.47. The van der Waals surface area contributed by atoms with Crippen LogP contribution in [0.4, 0.5) is 0 Å². The van der Waals surface area contributed by atoms with Gasteiger partial charge in [0.15, 0.2) is 0 Å². The Morgan fingerprint density at radius 3 is 2.47 bits per heavy atom. The second kappa shape index (κ2) is 5.12. The molecule has 82 valence electrons. The van der Waals surface area contributed by atoms with Crippen LogP contribution in [0.1, 0.15) is 23.1 Å². The monoisotopic (exact) mass is 223 g/mol. The van der Waals surface area contributed by atoms with Crippen LogP contribution in [-0.2, 0) is 0 Å². The highest BCUT2D eigenvalue weighted by Crippen LogP contribution is 2.25. The highest BCUT2D eigenvalue weighted by molar-refractivity contribution is 7.80. The fourth-order valence-corrected chi connectivity index (χ4v) is 1.48. The van der Waals surface area contributed by atoms with Crippen molar-refractivity contribution in [2.45, 2.75) is 27.2 Å². The van der Waals surface area contributed by atoms with Crippen LogP contribution in [0.2, 0.25) is 0 Å². The Labute approximate surface area is 96.4 Å². The summed E-state index contributed by atoms with van der Waals surface area (Å²) in [6, 6.07) is 4.17. The van der Waals surface area contributed by atoms with Crippen molar-refractivity contribution in [3.8, 4) is 5.75 Å². The van der Waals surface area contributed by atoms with Crippen LogP contribution in [-0.4, -0.2) is 11.6 Å². The first-order valence-corrected chi connectivity index (χ1v) is 5.41. The third kappa shape index (κ3) is 3.20. The summed E-state index contributed by atoms with van der Waals surface area (Å²) in [6.07, 6.45) is 0.627. The molecule has 0 saturated heterocycles. The van der Waals surface area contributed by atoms with Gasteiger partial charge in [0.1, 0.15) is 5.75 Å². The fourth-order valence-electron chi connectivity index (χ4n) is 1.40. The molecule has 1 aromatic rings. The number of hydrogen-bond acceptors (Lipinski definition) is 2. The minimum atomic E-state index is 0.498. The first-order chi connectivity index (χ1) is 7.02. The Kier molecular flexibility index (Phi) is 4.09. The van der Waals surface area contributed by atoms with Gasteiger partial charge in [0.25, 0.3) is 0 Å². The van der Waals surface area contributed by atoms with E-state index >= 15 is 0 Å². The van der Waals surface area contributed by atoms with E-state index in [-0.39, 0.29) is 0 Å². The molecule has 0 saturated carbocycles. The van der Waals surface area contributed by atoms with Crippen molar-refractivity contribution in [2.24, 2.45) is 5.73 Å². The topological polar surface area (TPSA) is 35.2 Å². The van der Waals surface area contributed by atoms with Gasteiger partial charge < -0.3 is 10.5 Å². The van der Waals surface area contributed by atoms with Crippen molar-refractivity contribution < 1.29 is 4.74 Å². The van der Waals surface area contributed by atoms with Gasteiger partial charge in [-0.1, -0.05) is 24.4 Å². The molecule has 0 unspecified atom stereocenters. The maximum absolute atomic E-state index is 5.69. The van der Waals surface area contributed by atoms with Gasteiger partial charge in [0.2, 0.25) is 0 Å². The van der Waals surface area contributed by atoms with Gasteiger partial charge in [-0.25, -0.2) is 0 Å². The van der Waals surface area contributed by atoms with Crippen molar-refractivity contribution in [3.05, 3.63) is 28.8 Å². The largest absolute Gasteiger partial charge is 0.493 e. The Morgan fingerprint density at radius 1 is 1.27 bits per heavy atom. The second-order valence-electron chi connectivity index (χ2n) is 3.72. The summed E-state index contributed by atoms with van der Waals surface area (Å²) in [7, 11) is 0. The van der Waals surface area contributed by atoms with E-state index in [1.807, 2.05) is 6.92 Å². The van der Waals surface area contributed by atoms with E-state index in [9.17, 15) is 0 Å². The lowest BCUT2D eigenvalue weighted by molar-refractivity contribution is 0.325. The third-order valence-corrected chi connectivity index (χ3v) is 2.67. The van der Waals surface area contributed by atoms with Crippen molar-refractivity contribution >= 4 is 17.2 Å². The molecule has 0 aliphatic heterocycles. The quantitative estimate of drug-likeness (QED) is 0.797. The molecule has 0 radical (unpaired) electrons. The first-order valence-electron chi connectivity index (χ1n) is 5.00. The lowest BCUT2D eigenvalue weighted by Gasteiger charge is -2.13. The van der Waals surface area contributed by atoms with Crippen LogP contribution in [0.5, 0.6) is 5.75 Å². The summed E-state index contributed by atoms with van der Waals surface area (Å²) >= 11 is 4.80. The van der Waals surface area contributed by atoms with E-state index < -0.39 is 0 Å². The maximum atomic E-state index is 5.69. The molecule has 2 N–H and O–H groups in total. The van der Waals surface area contributed by atoms with Gasteiger partial charge in [-0.2, -0.15) is 0 Å². The summed E-state index contributed by atoms with van der Waals surface area (Å²) in [5, 5.41) is 0. The fraction of sp³-hybridized carbons (Fsp3) is 0.417. The van der Waals surface area contributed by atoms with Gasteiger partial charge >= 0.3 is 0 Å². The molecule has 0 heterocycles. The smallest absolute Gasteiger partial charge is 0.125 e. The van der Waals surface area contributed by atoms with E-state index in [1.165, 1.54) is 11.1 Å². The number of thiocarbonyl (C=S) groups is 1. The normalized spacial score (nSPS) is 10.1. The Bertz CT molecular complexity index is 374. The van der Waals surface area contributed by atoms with Gasteiger partial charge in [0, 0.05) is 6.42 Å². The van der Waals surface area contributed by atoms with Crippen molar-refractivity contribution in [1.29, 1.82) is 0 Å². The molecule has 0 atom stereocenters. The van der Waals surface area contributed by atoms with Crippen LogP contribution in [0.25, 0.3) is 0 Å². The van der Waals surface area contributed by atoms with Crippen molar-refractivity contribution in [1.82, 2.24) is 0 Å².